The summed E-state index contributed by atoms with van der Waals surface area (Å²) in [6.07, 6.45) is -0.683. The van der Waals surface area contributed by atoms with E-state index in [9.17, 15) is 4.79 Å². The second kappa shape index (κ2) is 4.08. The van der Waals surface area contributed by atoms with E-state index < -0.39 is 6.09 Å². The van der Waals surface area contributed by atoms with Crippen molar-refractivity contribution in [3.63, 3.8) is 0 Å². The molecule has 0 aromatic heterocycles. The second-order valence-electron chi connectivity index (χ2n) is 1.99. The molecule has 0 saturated carbocycles. The highest BCUT2D eigenvalue weighted by Crippen LogP contribution is 2.15. The van der Waals surface area contributed by atoms with Gasteiger partial charge in [-0.1, -0.05) is 15.9 Å². The maximum Gasteiger partial charge on any atom is 0.426 e. The third-order valence-corrected chi connectivity index (χ3v) is 1.67. The van der Waals surface area contributed by atoms with E-state index in [1.54, 1.807) is 24.3 Å². The average Bonchev–Trinajstić information content (AvgIpc) is 2.09. The highest BCUT2D eigenvalue weighted by molar-refractivity contribution is 9.10. The molecule has 0 fully saturated rings. The van der Waals surface area contributed by atoms with Crippen molar-refractivity contribution in [1.82, 2.24) is 5.43 Å². The van der Waals surface area contributed by atoms with Crippen molar-refractivity contribution in [3.05, 3.63) is 28.7 Å². The lowest BCUT2D eigenvalue weighted by atomic mass is 10.3. The maximum atomic E-state index is 10.6. The molecular weight excluding hydrogens is 224 g/mol. The summed E-state index contributed by atoms with van der Waals surface area (Å²) in [6, 6.07) is 6.83. The Bertz CT molecular complexity index is 273. The highest BCUT2D eigenvalue weighted by Gasteiger charge is 1.99. The van der Waals surface area contributed by atoms with Crippen LogP contribution < -0.4 is 16.0 Å². The lowest BCUT2D eigenvalue weighted by Crippen LogP contribution is -2.32. The van der Waals surface area contributed by atoms with Gasteiger partial charge in [0.25, 0.3) is 0 Å². The molecule has 12 heavy (non-hydrogen) atoms. The topological polar surface area (TPSA) is 64.3 Å². The molecule has 3 N–H and O–H groups in total. The summed E-state index contributed by atoms with van der Waals surface area (Å²) in [4.78, 5) is 10.6. The van der Waals surface area contributed by atoms with Gasteiger partial charge in [0.05, 0.1) is 0 Å². The molecule has 64 valence electrons. The van der Waals surface area contributed by atoms with E-state index in [1.807, 2.05) is 5.43 Å². The molecule has 0 unspecified atom stereocenters. The van der Waals surface area contributed by atoms with Gasteiger partial charge in [-0.25, -0.2) is 10.6 Å². The summed E-state index contributed by atoms with van der Waals surface area (Å²) < 4.78 is 5.64. The molecule has 0 spiro atoms. The van der Waals surface area contributed by atoms with Crippen molar-refractivity contribution in [2.45, 2.75) is 0 Å². The third-order valence-electron chi connectivity index (χ3n) is 1.14. The van der Waals surface area contributed by atoms with Gasteiger partial charge >= 0.3 is 6.09 Å². The number of carbonyl (C=O) groups is 1. The van der Waals surface area contributed by atoms with Crippen LogP contribution in [-0.2, 0) is 0 Å². The average molecular weight is 231 g/mol. The first kappa shape index (κ1) is 9.02. The molecule has 0 bridgehead atoms. The fraction of sp³-hybridized carbons (Fsp3) is 0. The quantitative estimate of drug-likeness (QED) is 0.436. The van der Waals surface area contributed by atoms with Crippen LogP contribution in [-0.4, -0.2) is 6.09 Å². The predicted molar refractivity (Wildman–Crippen MR) is 47.5 cm³/mol. The van der Waals surface area contributed by atoms with Crippen molar-refractivity contribution in [1.29, 1.82) is 0 Å². The number of halogens is 1. The summed E-state index contributed by atoms with van der Waals surface area (Å²) in [5.74, 6) is 5.26. The number of nitrogens with one attached hydrogen (secondary N) is 1. The van der Waals surface area contributed by atoms with Crippen molar-refractivity contribution >= 4 is 22.0 Å². The first-order valence-corrected chi connectivity index (χ1v) is 3.95. The number of ether oxygens (including phenoxy) is 1. The lowest BCUT2D eigenvalue weighted by molar-refractivity contribution is 0.200. The van der Waals surface area contributed by atoms with Crippen LogP contribution >= 0.6 is 15.9 Å². The van der Waals surface area contributed by atoms with Crippen molar-refractivity contribution < 1.29 is 9.53 Å². The summed E-state index contributed by atoms with van der Waals surface area (Å²) in [6.45, 7) is 0. The zero-order valence-electron chi connectivity index (χ0n) is 6.08. The number of hydrogen-bond donors (Lipinski definition) is 2. The van der Waals surface area contributed by atoms with E-state index in [-0.39, 0.29) is 0 Å². The minimum Gasteiger partial charge on any atom is -0.409 e. The minimum absolute atomic E-state index is 0.446. The number of hydrogen-bond acceptors (Lipinski definition) is 3. The number of nitrogens with two attached hydrogens (primary N) is 1. The van der Waals surface area contributed by atoms with Gasteiger partial charge in [0.2, 0.25) is 0 Å². The lowest BCUT2D eigenvalue weighted by Gasteiger charge is -2.01. The molecule has 0 radical (unpaired) electrons. The van der Waals surface area contributed by atoms with Crippen molar-refractivity contribution in [2.24, 2.45) is 5.84 Å². The Hall–Kier alpha value is -1.07. The first-order chi connectivity index (χ1) is 5.72. The van der Waals surface area contributed by atoms with Gasteiger partial charge in [-0.3, -0.25) is 5.43 Å². The number of benzene rings is 1. The number of amides is 1. The van der Waals surface area contributed by atoms with Crippen LogP contribution in [0.15, 0.2) is 28.7 Å². The molecule has 0 heterocycles. The number of hydrazine groups is 1. The summed E-state index contributed by atoms with van der Waals surface area (Å²) in [7, 11) is 0. The molecule has 0 atom stereocenters. The van der Waals surface area contributed by atoms with Crippen LogP contribution in [0, 0.1) is 0 Å². The molecule has 0 aliphatic rings. The van der Waals surface area contributed by atoms with E-state index in [1.165, 1.54) is 0 Å². The monoisotopic (exact) mass is 230 g/mol. The molecule has 0 saturated heterocycles. The Morgan fingerprint density at radius 2 is 2.00 bits per heavy atom. The van der Waals surface area contributed by atoms with Gasteiger partial charge in [0.1, 0.15) is 5.75 Å². The van der Waals surface area contributed by atoms with Crippen molar-refractivity contribution in [2.75, 3.05) is 0 Å². The fourth-order valence-corrected chi connectivity index (χ4v) is 0.903. The Labute approximate surface area is 77.8 Å². The van der Waals surface area contributed by atoms with Gasteiger partial charge in [0, 0.05) is 4.47 Å². The Morgan fingerprint density at radius 1 is 1.42 bits per heavy atom. The van der Waals surface area contributed by atoms with Crippen molar-refractivity contribution in [3.8, 4) is 5.75 Å². The van der Waals surface area contributed by atoms with Crippen LogP contribution in [0.2, 0.25) is 0 Å². The normalized spacial score (nSPS) is 9.17. The predicted octanol–water partition coefficient (Wildman–Crippen LogP) is 1.41. The van der Waals surface area contributed by atoms with Crippen LogP contribution in [0.25, 0.3) is 0 Å². The molecule has 1 rings (SSSR count). The highest BCUT2D eigenvalue weighted by atomic mass is 79.9. The number of carbonyl (C=O) groups excluding carboxylic acids is 1. The van der Waals surface area contributed by atoms with Crippen LogP contribution in [0.1, 0.15) is 0 Å². The van der Waals surface area contributed by atoms with Crippen LogP contribution in [0.3, 0.4) is 0 Å². The van der Waals surface area contributed by atoms with E-state index in [0.29, 0.717) is 5.75 Å². The van der Waals surface area contributed by atoms with E-state index in [0.717, 1.165) is 4.47 Å². The van der Waals surface area contributed by atoms with Crippen LogP contribution in [0.5, 0.6) is 5.75 Å². The molecule has 0 aliphatic heterocycles. The molecule has 1 aromatic rings. The standard InChI is InChI=1S/C7H7BrN2O2/c8-5-1-3-6(4-2-5)12-7(11)10-9/h1-4H,9H2,(H,10,11). The fourth-order valence-electron chi connectivity index (χ4n) is 0.639. The minimum atomic E-state index is -0.683. The Balaban J connectivity index is 2.64. The molecule has 1 amide bonds. The van der Waals surface area contributed by atoms with Gasteiger partial charge in [0.15, 0.2) is 0 Å². The van der Waals surface area contributed by atoms with E-state index in [4.69, 9.17) is 10.6 Å². The van der Waals surface area contributed by atoms with Crippen LogP contribution in [0.4, 0.5) is 4.79 Å². The molecule has 4 nitrogen and oxygen atoms in total. The Morgan fingerprint density at radius 3 is 2.50 bits per heavy atom. The van der Waals surface area contributed by atoms with E-state index in [2.05, 4.69) is 15.9 Å². The zero-order valence-corrected chi connectivity index (χ0v) is 7.67. The third kappa shape index (κ3) is 2.52. The summed E-state index contributed by atoms with van der Waals surface area (Å²) in [5, 5.41) is 0. The SMILES string of the molecule is NNC(=O)Oc1ccc(Br)cc1. The smallest absolute Gasteiger partial charge is 0.409 e. The molecule has 1 aromatic carbocycles. The molecule has 5 heteroatoms. The van der Waals surface area contributed by atoms with Gasteiger partial charge in [-0.15, -0.1) is 0 Å². The van der Waals surface area contributed by atoms with E-state index >= 15 is 0 Å². The molecular formula is C7H7BrN2O2. The molecule has 0 aliphatic carbocycles. The van der Waals surface area contributed by atoms with Gasteiger partial charge < -0.3 is 4.74 Å². The second-order valence-corrected chi connectivity index (χ2v) is 2.90. The summed E-state index contributed by atoms with van der Waals surface area (Å²) in [5.41, 5.74) is 1.86. The maximum absolute atomic E-state index is 10.6. The Kier molecular flexibility index (Phi) is 3.07. The largest absolute Gasteiger partial charge is 0.426 e. The number of rotatable bonds is 1. The first-order valence-electron chi connectivity index (χ1n) is 3.16. The summed E-state index contributed by atoms with van der Waals surface area (Å²) >= 11 is 3.25. The van der Waals surface area contributed by atoms with Gasteiger partial charge in [-0.05, 0) is 24.3 Å². The van der Waals surface area contributed by atoms with Gasteiger partial charge in [-0.2, -0.15) is 0 Å². The zero-order chi connectivity index (χ0) is 8.97.